The second-order valence-electron chi connectivity index (χ2n) is 12.0. The monoisotopic (exact) mass is 575 g/mol. The lowest BCUT2D eigenvalue weighted by Gasteiger charge is -2.22. The molecule has 8 rings (SSSR count). The Morgan fingerprint density at radius 1 is 0.682 bits per heavy atom. The molecule has 0 saturated carbocycles. The minimum absolute atomic E-state index is 0.182. The number of nitrogens with zero attached hydrogens (tertiary/aromatic N) is 2. The molecule has 2 aromatic heterocycles. The molecule has 3 heteroatoms. The number of hydrogen-bond donors (Lipinski definition) is 0. The standard InChI is InChI=1S/C41H34N2O/c1-25(2)31-14-10-15-32(26(3)4)39(31)43-37-19-9-8-18-36(37)42-41(43)34-17-11-16-33-35-23-29-21-20-28(27-12-6-5-7-13-27)22-30(29)24-38(35)44-40(33)34/h5-26H,1-4H3/i5D,6D,7D,12D,13D. The molecule has 6 aromatic carbocycles. The van der Waals surface area contributed by atoms with Crippen molar-refractivity contribution in [3.05, 3.63) is 132 Å². The average Bonchev–Trinajstić information content (AvgIpc) is 3.66. The Kier molecular flexibility index (Phi) is 5.01. The normalized spacial score (nSPS) is 13.6. The van der Waals surface area contributed by atoms with Gasteiger partial charge in [-0.2, -0.15) is 0 Å². The van der Waals surface area contributed by atoms with E-state index >= 15 is 0 Å². The fourth-order valence-electron chi connectivity index (χ4n) is 6.47. The third-order valence-electron chi connectivity index (χ3n) is 8.61. The summed E-state index contributed by atoms with van der Waals surface area (Å²) in [5, 5.41) is 3.74. The second-order valence-corrected chi connectivity index (χ2v) is 12.0. The van der Waals surface area contributed by atoms with Gasteiger partial charge in [-0.3, -0.25) is 4.57 Å². The minimum atomic E-state index is -0.402. The summed E-state index contributed by atoms with van der Waals surface area (Å²) >= 11 is 0. The van der Waals surface area contributed by atoms with Gasteiger partial charge in [-0.1, -0.05) is 113 Å². The van der Waals surface area contributed by atoms with E-state index in [2.05, 4.69) is 92.9 Å². The molecule has 0 atom stereocenters. The van der Waals surface area contributed by atoms with Crippen LogP contribution in [0.2, 0.25) is 0 Å². The summed E-state index contributed by atoms with van der Waals surface area (Å²) in [6.07, 6.45) is 0. The summed E-state index contributed by atoms with van der Waals surface area (Å²) in [6, 6.07) is 29.2. The number of fused-ring (bicyclic) bond motifs is 5. The predicted octanol–water partition coefficient (Wildman–Crippen LogP) is 11.7. The van der Waals surface area contributed by atoms with Crippen LogP contribution in [0.4, 0.5) is 0 Å². The fourth-order valence-corrected chi connectivity index (χ4v) is 6.47. The highest BCUT2D eigenvalue weighted by atomic mass is 16.3. The van der Waals surface area contributed by atoms with Crippen molar-refractivity contribution in [2.75, 3.05) is 0 Å². The Balaban J connectivity index is 1.38. The lowest BCUT2D eigenvalue weighted by Crippen LogP contribution is -2.08. The second kappa shape index (κ2) is 10.2. The number of para-hydroxylation sites is 4. The molecule has 0 fully saturated rings. The summed E-state index contributed by atoms with van der Waals surface area (Å²) in [5.74, 6) is 1.41. The highest BCUT2D eigenvalue weighted by Gasteiger charge is 2.24. The molecule has 0 N–H and O–H groups in total. The fraction of sp³-hybridized carbons (Fsp3) is 0.146. The average molecular weight is 576 g/mol. The number of benzene rings is 6. The molecule has 0 saturated heterocycles. The number of imidazole rings is 1. The molecule has 0 aliphatic heterocycles. The van der Waals surface area contributed by atoms with E-state index < -0.39 is 6.04 Å². The maximum absolute atomic E-state index is 8.48. The van der Waals surface area contributed by atoms with Crippen molar-refractivity contribution in [3.63, 3.8) is 0 Å². The third kappa shape index (κ3) is 4.15. The molecule has 0 spiro atoms. The highest BCUT2D eigenvalue weighted by molar-refractivity contribution is 6.13. The molecular weight excluding hydrogens is 536 g/mol. The lowest BCUT2D eigenvalue weighted by molar-refractivity contribution is 0.670. The highest BCUT2D eigenvalue weighted by Crippen LogP contribution is 2.42. The largest absolute Gasteiger partial charge is 0.455 e. The van der Waals surface area contributed by atoms with Crippen molar-refractivity contribution >= 4 is 43.7 Å². The SMILES string of the molecule is [2H]c1c([2H])c([2H])c(-c2ccc3cc4c(cc3c2)oc2c(-c3nc5ccccc5n3-c3c(C(C)C)cccc3C(C)C)cccc24)c([2H])c1[2H]. The first-order valence-corrected chi connectivity index (χ1v) is 15.1. The van der Waals surface area contributed by atoms with Crippen LogP contribution in [-0.2, 0) is 0 Å². The van der Waals surface area contributed by atoms with Gasteiger partial charge in [0.05, 0.1) is 29.1 Å². The van der Waals surface area contributed by atoms with Gasteiger partial charge in [0, 0.05) is 10.8 Å². The van der Waals surface area contributed by atoms with Crippen molar-refractivity contribution < 1.29 is 11.3 Å². The van der Waals surface area contributed by atoms with Crippen LogP contribution in [0.5, 0.6) is 0 Å². The maximum atomic E-state index is 8.48. The Bertz CT molecular complexity index is 2580. The zero-order valence-electron chi connectivity index (χ0n) is 30.1. The van der Waals surface area contributed by atoms with E-state index in [0.717, 1.165) is 55.2 Å². The van der Waals surface area contributed by atoms with Gasteiger partial charge in [-0.05, 0) is 81.3 Å². The van der Waals surface area contributed by atoms with E-state index in [1.807, 2.05) is 30.3 Å². The quantitative estimate of drug-likeness (QED) is 0.204. The van der Waals surface area contributed by atoms with Gasteiger partial charge in [-0.25, -0.2) is 4.98 Å². The van der Waals surface area contributed by atoms with E-state index in [0.29, 0.717) is 23.0 Å². The molecule has 0 amide bonds. The smallest absolute Gasteiger partial charge is 0.149 e. The van der Waals surface area contributed by atoms with E-state index in [1.165, 1.54) is 11.1 Å². The van der Waals surface area contributed by atoms with Gasteiger partial charge in [0.2, 0.25) is 0 Å². The number of rotatable bonds is 5. The van der Waals surface area contributed by atoms with Crippen molar-refractivity contribution in [1.82, 2.24) is 9.55 Å². The lowest BCUT2D eigenvalue weighted by atomic mass is 9.92. The molecule has 2 heterocycles. The topological polar surface area (TPSA) is 31.0 Å². The number of aromatic nitrogens is 2. The molecule has 3 nitrogen and oxygen atoms in total. The van der Waals surface area contributed by atoms with Gasteiger partial charge < -0.3 is 4.42 Å². The molecule has 0 aliphatic carbocycles. The summed E-state index contributed by atoms with van der Waals surface area (Å²) in [6.45, 7) is 8.93. The van der Waals surface area contributed by atoms with E-state index in [-0.39, 0.29) is 29.7 Å². The van der Waals surface area contributed by atoms with Crippen LogP contribution in [0, 0.1) is 0 Å². The first-order chi connectivity index (χ1) is 23.5. The summed E-state index contributed by atoms with van der Waals surface area (Å²) < 4.78 is 50.3. The molecule has 214 valence electrons. The zero-order chi connectivity index (χ0) is 34.3. The molecule has 8 aromatic rings. The first kappa shape index (κ1) is 21.5. The van der Waals surface area contributed by atoms with Gasteiger partial charge >= 0.3 is 0 Å². The minimum Gasteiger partial charge on any atom is -0.455 e. The third-order valence-corrected chi connectivity index (χ3v) is 8.61. The Morgan fingerprint density at radius 3 is 2.20 bits per heavy atom. The first-order valence-electron chi connectivity index (χ1n) is 17.6. The van der Waals surface area contributed by atoms with Crippen molar-refractivity contribution in [3.8, 4) is 28.2 Å². The zero-order valence-corrected chi connectivity index (χ0v) is 25.1. The predicted molar refractivity (Wildman–Crippen MR) is 185 cm³/mol. The van der Waals surface area contributed by atoms with E-state index in [9.17, 15) is 0 Å². The molecule has 0 aliphatic rings. The van der Waals surface area contributed by atoms with Crippen LogP contribution in [0.1, 0.15) is 57.5 Å². The van der Waals surface area contributed by atoms with Crippen LogP contribution in [0.25, 0.3) is 71.9 Å². The Labute approximate surface area is 264 Å². The van der Waals surface area contributed by atoms with Crippen LogP contribution in [-0.4, -0.2) is 9.55 Å². The maximum Gasteiger partial charge on any atom is 0.149 e. The van der Waals surface area contributed by atoms with Gasteiger partial charge in [-0.15, -0.1) is 0 Å². The molecule has 44 heavy (non-hydrogen) atoms. The van der Waals surface area contributed by atoms with E-state index in [4.69, 9.17) is 16.3 Å². The summed E-state index contributed by atoms with van der Waals surface area (Å²) in [5.41, 5.74) is 8.68. The van der Waals surface area contributed by atoms with Crippen LogP contribution in [0.3, 0.4) is 0 Å². The molecule has 0 bridgehead atoms. The van der Waals surface area contributed by atoms with Crippen molar-refractivity contribution in [2.24, 2.45) is 0 Å². The molecule has 0 unspecified atom stereocenters. The Hall–Kier alpha value is -5.15. The molecular formula is C41H34N2O. The van der Waals surface area contributed by atoms with Gasteiger partial charge in [0.1, 0.15) is 17.0 Å². The summed E-state index contributed by atoms with van der Waals surface area (Å²) in [7, 11) is 0. The number of hydrogen-bond acceptors (Lipinski definition) is 2. The van der Waals surface area contributed by atoms with Crippen molar-refractivity contribution in [1.29, 1.82) is 0 Å². The molecule has 0 radical (unpaired) electrons. The van der Waals surface area contributed by atoms with Gasteiger partial charge in [0.25, 0.3) is 0 Å². The van der Waals surface area contributed by atoms with Crippen LogP contribution in [0.15, 0.2) is 126 Å². The number of furan rings is 1. The van der Waals surface area contributed by atoms with Crippen LogP contribution >= 0.6 is 0 Å². The van der Waals surface area contributed by atoms with Crippen molar-refractivity contribution in [2.45, 2.75) is 39.5 Å². The van der Waals surface area contributed by atoms with Crippen LogP contribution < -0.4 is 0 Å². The Morgan fingerprint density at radius 2 is 1.43 bits per heavy atom. The van der Waals surface area contributed by atoms with E-state index in [1.54, 1.807) is 0 Å². The van der Waals surface area contributed by atoms with Gasteiger partial charge in [0.15, 0.2) is 0 Å². The summed E-state index contributed by atoms with van der Waals surface area (Å²) in [4.78, 5) is 5.24.